The first-order chi connectivity index (χ1) is 10.6. The van der Waals surface area contributed by atoms with E-state index in [1.165, 1.54) is 0 Å². The summed E-state index contributed by atoms with van der Waals surface area (Å²) in [6.45, 7) is 27.2. The Labute approximate surface area is 148 Å². The van der Waals surface area contributed by atoms with Gasteiger partial charge in [-0.15, -0.1) is 0 Å². The van der Waals surface area contributed by atoms with Gasteiger partial charge in [-0.25, -0.2) is 0 Å². The van der Waals surface area contributed by atoms with E-state index < -0.39 is 16.8 Å². The third-order valence-corrected chi connectivity index (χ3v) is 15.6. The number of rotatable bonds is 12. The Bertz CT molecular complexity index is 294. The zero-order valence-electron chi connectivity index (χ0n) is 17.5. The predicted octanol–water partition coefficient (Wildman–Crippen LogP) is 5.63. The van der Waals surface area contributed by atoms with Gasteiger partial charge in [0.1, 0.15) is 8.24 Å². The Hall–Kier alpha value is 0.314. The van der Waals surface area contributed by atoms with Gasteiger partial charge in [0.15, 0.2) is 0 Å². The lowest BCUT2D eigenvalue weighted by atomic mass is 10.5. The van der Waals surface area contributed by atoms with Crippen molar-refractivity contribution >= 4 is 16.8 Å². The van der Waals surface area contributed by atoms with E-state index in [0.29, 0.717) is 0 Å². The van der Waals surface area contributed by atoms with Crippen molar-refractivity contribution in [1.29, 1.82) is 0 Å². The zero-order valence-corrected chi connectivity index (χ0v) is 19.5. The lowest BCUT2D eigenvalue weighted by Crippen LogP contribution is -2.61. The topological polar surface area (TPSA) is 21.7 Å². The Morgan fingerprint density at radius 2 is 1.17 bits per heavy atom. The highest BCUT2D eigenvalue weighted by Crippen LogP contribution is 2.44. The van der Waals surface area contributed by atoms with Crippen LogP contribution in [0.1, 0.15) is 62.3 Å². The molecule has 0 atom stereocenters. The zero-order chi connectivity index (χ0) is 18.3. The Morgan fingerprint density at radius 1 is 0.783 bits per heavy atom. The maximum Gasteiger partial charge on any atom is 0.336 e. The lowest BCUT2D eigenvalue weighted by molar-refractivity contribution is 0.186. The second-order valence-electron chi connectivity index (χ2n) is 7.68. The van der Waals surface area contributed by atoms with Gasteiger partial charge in [0.05, 0.1) is 0 Å². The molecule has 140 valence electrons. The van der Waals surface area contributed by atoms with Crippen molar-refractivity contribution < 1.29 is 8.85 Å². The molecule has 0 amide bonds. The third-order valence-electron chi connectivity index (χ3n) is 5.44. The minimum atomic E-state index is -2.03. The van der Waals surface area contributed by atoms with Crippen LogP contribution in [0.3, 0.4) is 0 Å². The summed E-state index contributed by atoms with van der Waals surface area (Å²) in [5.74, 6) is 0. The van der Waals surface area contributed by atoms with Crippen LogP contribution in [0.25, 0.3) is 0 Å². The normalized spacial score (nSPS) is 13.8. The molecular formula is C18H43NO2Si2. The van der Waals surface area contributed by atoms with E-state index in [9.17, 15) is 0 Å². The van der Waals surface area contributed by atoms with Crippen LogP contribution in [0, 0.1) is 0 Å². The summed E-state index contributed by atoms with van der Waals surface area (Å²) in [5.41, 5.74) is 2.28. The summed E-state index contributed by atoms with van der Waals surface area (Å²) in [4.78, 5) is 0. The molecule has 0 spiro atoms. The SMILES string of the molecule is CCO[Si](C)(CCN(CC)[Si](C(C)C)(C(C)C)C(C)C)OCC. The molecule has 0 saturated carbocycles. The molecule has 0 fully saturated rings. The highest BCUT2D eigenvalue weighted by Gasteiger charge is 2.48. The third kappa shape index (κ3) is 5.67. The Morgan fingerprint density at radius 3 is 1.43 bits per heavy atom. The predicted molar refractivity (Wildman–Crippen MR) is 108 cm³/mol. The van der Waals surface area contributed by atoms with E-state index in [4.69, 9.17) is 8.85 Å². The molecule has 0 unspecified atom stereocenters. The van der Waals surface area contributed by atoms with Crippen molar-refractivity contribution in [2.45, 2.75) is 91.5 Å². The molecule has 0 aromatic carbocycles. The number of hydrogen-bond donors (Lipinski definition) is 0. The maximum absolute atomic E-state index is 6.06. The van der Waals surface area contributed by atoms with Gasteiger partial charge in [0, 0.05) is 19.3 Å². The van der Waals surface area contributed by atoms with Crippen LogP contribution in [0.5, 0.6) is 0 Å². The minimum Gasteiger partial charge on any atom is -0.395 e. The monoisotopic (exact) mass is 361 g/mol. The molecule has 0 aliphatic carbocycles. The van der Waals surface area contributed by atoms with E-state index in [1.54, 1.807) is 0 Å². The molecule has 3 nitrogen and oxygen atoms in total. The van der Waals surface area contributed by atoms with E-state index >= 15 is 0 Å². The molecule has 0 rings (SSSR count). The van der Waals surface area contributed by atoms with Crippen LogP contribution in [0.4, 0.5) is 0 Å². The largest absolute Gasteiger partial charge is 0.395 e. The second-order valence-corrected chi connectivity index (χ2v) is 16.9. The summed E-state index contributed by atoms with van der Waals surface area (Å²) in [6, 6.07) is 1.07. The van der Waals surface area contributed by atoms with Crippen molar-refractivity contribution in [1.82, 2.24) is 4.57 Å². The van der Waals surface area contributed by atoms with Gasteiger partial charge in [-0.1, -0.05) is 48.5 Å². The molecule has 0 aromatic rings. The fourth-order valence-electron chi connectivity index (χ4n) is 4.86. The first-order valence-corrected chi connectivity index (χ1v) is 14.3. The molecule has 23 heavy (non-hydrogen) atoms. The lowest BCUT2D eigenvalue weighted by Gasteiger charge is -2.51. The molecule has 0 aliphatic heterocycles. The quantitative estimate of drug-likeness (QED) is 0.420. The summed E-state index contributed by atoms with van der Waals surface area (Å²) in [5, 5.41) is 0. The summed E-state index contributed by atoms with van der Waals surface area (Å²) in [7, 11) is -3.59. The van der Waals surface area contributed by atoms with Crippen molar-refractivity contribution in [3.8, 4) is 0 Å². The molecule has 5 heteroatoms. The molecule has 0 aromatic heterocycles. The standard InChI is InChI=1S/C18H43NO2Si2/c1-11-19(14-15-22(10,20-12-2)21-13-3)23(16(4)5,17(6)7)18(8)9/h16-18H,11-15H2,1-10H3. The Kier molecular flexibility index (Phi) is 10.5. The van der Waals surface area contributed by atoms with E-state index in [1.807, 2.05) is 0 Å². The van der Waals surface area contributed by atoms with Gasteiger partial charge in [0.2, 0.25) is 0 Å². The minimum absolute atomic E-state index is 0.759. The van der Waals surface area contributed by atoms with Crippen molar-refractivity contribution in [2.75, 3.05) is 26.3 Å². The molecular weight excluding hydrogens is 318 g/mol. The molecule has 0 N–H and O–H groups in total. The Balaban J connectivity index is 5.37. The molecule has 0 aliphatic rings. The fraction of sp³-hybridized carbons (Fsp3) is 1.00. The van der Waals surface area contributed by atoms with Crippen LogP contribution in [-0.4, -0.2) is 47.7 Å². The average molecular weight is 362 g/mol. The first-order valence-electron chi connectivity index (χ1n) is 9.65. The van der Waals surface area contributed by atoms with Gasteiger partial charge in [-0.3, -0.25) is 0 Å². The van der Waals surface area contributed by atoms with Crippen molar-refractivity contribution in [2.24, 2.45) is 0 Å². The average Bonchev–Trinajstić information content (AvgIpc) is 2.42. The van der Waals surface area contributed by atoms with Gasteiger partial charge in [0.25, 0.3) is 0 Å². The van der Waals surface area contributed by atoms with Crippen LogP contribution in [-0.2, 0) is 8.85 Å². The summed E-state index contributed by atoms with van der Waals surface area (Å²) >= 11 is 0. The second kappa shape index (κ2) is 10.3. The smallest absolute Gasteiger partial charge is 0.336 e. The van der Waals surface area contributed by atoms with Gasteiger partial charge in [-0.05, 0) is 50.1 Å². The highest BCUT2D eigenvalue weighted by molar-refractivity contribution is 6.81. The van der Waals surface area contributed by atoms with E-state index in [2.05, 4.69) is 73.4 Å². The van der Waals surface area contributed by atoms with Gasteiger partial charge in [-0.2, -0.15) is 0 Å². The van der Waals surface area contributed by atoms with E-state index in [0.717, 1.165) is 49.0 Å². The number of hydrogen-bond acceptors (Lipinski definition) is 3. The van der Waals surface area contributed by atoms with Gasteiger partial charge < -0.3 is 13.4 Å². The molecule has 0 bridgehead atoms. The van der Waals surface area contributed by atoms with E-state index in [-0.39, 0.29) is 0 Å². The summed E-state index contributed by atoms with van der Waals surface area (Å²) < 4.78 is 15.0. The van der Waals surface area contributed by atoms with Crippen LogP contribution < -0.4 is 0 Å². The number of nitrogens with zero attached hydrogens (tertiary/aromatic N) is 1. The van der Waals surface area contributed by atoms with Crippen LogP contribution >= 0.6 is 0 Å². The van der Waals surface area contributed by atoms with Crippen LogP contribution in [0.2, 0.25) is 29.2 Å². The molecule has 0 heterocycles. The summed E-state index contributed by atoms with van der Waals surface area (Å²) in [6.07, 6.45) is 0. The van der Waals surface area contributed by atoms with Crippen molar-refractivity contribution in [3.05, 3.63) is 0 Å². The molecule has 0 saturated heterocycles. The highest BCUT2D eigenvalue weighted by atomic mass is 28.4. The van der Waals surface area contributed by atoms with Crippen molar-refractivity contribution in [3.63, 3.8) is 0 Å². The molecule has 0 radical (unpaired) electrons. The van der Waals surface area contributed by atoms with Crippen LogP contribution in [0.15, 0.2) is 0 Å². The van der Waals surface area contributed by atoms with Gasteiger partial charge >= 0.3 is 8.56 Å². The first kappa shape index (κ1) is 23.3. The maximum atomic E-state index is 6.06. The fourth-order valence-corrected chi connectivity index (χ4v) is 14.6.